The molecule has 1 aromatic rings. The molecule has 4 nitrogen and oxygen atoms in total. The average Bonchev–Trinajstić information content (AvgIpc) is 2.45. The van der Waals surface area contributed by atoms with Gasteiger partial charge >= 0.3 is 5.16 Å². The van der Waals surface area contributed by atoms with Gasteiger partial charge in [0.15, 0.2) is 5.69 Å². The van der Waals surface area contributed by atoms with Gasteiger partial charge in [-0.25, -0.2) is 9.13 Å². The van der Waals surface area contributed by atoms with Crippen LogP contribution in [-0.2, 0) is 13.6 Å². The molecule has 1 rings (SSSR count). The van der Waals surface area contributed by atoms with E-state index in [9.17, 15) is 0 Å². The standard InChI is InChI=1S/C9H13N3OS/c1-4-5-12-7-8(6-10-13)11(2)9(12)14-3/h4,6-7H,1,5H2,2-3H3/p+1/b10-6-. The van der Waals surface area contributed by atoms with Gasteiger partial charge in [-0.2, -0.15) is 0 Å². The van der Waals surface area contributed by atoms with Crippen LogP contribution in [0.15, 0.2) is 29.2 Å². The molecule has 0 spiro atoms. The van der Waals surface area contributed by atoms with Crippen molar-refractivity contribution in [3.05, 3.63) is 24.5 Å². The molecule has 0 atom stereocenters. The highest BCUT2D eigenvalue weighted by molar-refractivity contribution is 7.98. The van der Waals surface area contributed by atoms with E-state index in [4.69, 9.17) is 5.21 Å². The SMILES string of the molecule is C=CC[n+]1cc(/C=N\O)n(C)c1SC. The zero-order chi connectivity index (χ0) is 10.6. The molecule has 0 aliphatic heterocycles. The summed E-state index contributed by atoms with van der Waals surface area (Å²) in [6, 6.07) is 0. The minimum atomic E-state index is 0.753. The van der Waals surface area contributed by atoms with Gasteiger partial charge in [0.05, 0.1) is 7.05 Å². The normalized spacial score (nSPS) is 11.0. The summed E-state index contributed by atoms with van der Waals surface area (Å²) >= 11 is 1.64. The van der Waals surface area contributed by atoms with Crippen LogP contribution in [0.2, 0.25) is 0 Å². The Hall–Kier alpha value is -1.23. The van der Waals surface area contributed by atoms with Crippen molar-refractivity contribution in [1.82, 2.24) is 4.57 Å². The van der Waals surface area contributed by atoms with Crippen molar-refractivity contribution < 1.29 is 9.77 Å². The lowest BCUT2D eigenvalue weighted by molar-refractivity contribution is -0.723. The number of oxime groups is 1. The molecule has 14 heavy (non-hydrogen) atoms. The second-order valence-corrected chi connectivity index (χ2v) is 3.56. The third kappa shape index (κ3) is 1.98. The van der Waals surface area contributed by atoms with Gasteiger partial charge in [-0.1, -0.05) is 17.8 Å². The Kier molecular flexibility index (Phi) is 3.76. The van der Waals surface area contributed by atoms with Crippen LogP contribution >= 0.6 is 11.8 Å². The summed E-state index contributed by atoms with van der Waals surface area (Å²) in [5, 5.41) is 12.6. The summed E-state index contributed by atoms with van der Waals surface area (Å²) in [7, 11) is 1.93. The highest BCUT2D eigenvalue weighted by atomic mass is 32.2. The second-order valence-electron chi connectivity index (χ2n) is 2.79. The highest BCUT2D eigenvalue weighted by Crippen LogP contribution is 2.11. The third-order valence-corrected chi connectivity index (χ3v) is 2.78. The maximum atomic E-state index is 8.47. The van der Waals surface area contributed by atoms with E-state index in [-0.39, 0.29) is 0 Å². The van der Waals surface area contributed by atoms with Crippen molar-refractivity contribution in [3.8, 4) is 0 Å². The van der Waals surface area contributed by atoms with Crippen LogP contribution in [0.4, 0.5) is 0 Å². The van der Waals surface area contributed by atoms with Crippen LogP contribution in [0, 0.1) is 0 Å². The molecular weight excluding hydrogens is 198 g/mol. The monoisotopic (exact) mass is 212 g/mol. The van der Waals surface area contributed by atoms with Crippen LogP contribution < -0.4 is 4.57 Å². The van der Waals surface area contributed by atoms with Crippen LogP contribution in [0.25, 0.3) is 0 Å². The Labute approximate surface area is 87.5 Å². The van der Waals surface area contributed by atoms with E-state index in [0.717, 1.165) is 17.4 Å². The van der Waals surface area contributed by atoms with Gasteiger partial charge in [-0.3, -0.25) is 0 Å². The Morgan fingerprint density at radius 1 is 1.79 bits per heavy atom. The fourth-order valence-electron chi connectivity index (χ4n) is 1.31. The summed E-state index contributed by atoms with van der Waals surface area (Å²) in [6.07, 6.45) is 7.18. The predicted molar refractivity (Wildman–Crippen MR) is 57.0 cm³/mol. The van der Waals surface area contributed by atoms with Gasteiger partial charge in [-0.05, 0) is 18.0 Å². The summed E-state index contributed by atoms with van der Waals surface area (Å²) in [5.74, 6) is 0. The molecule has 0 amide bonds. The maximum Gasteiger partial charge on any atom is 0.318 e. The Bertz CT molecular complexity index is 357. The molecule has 5 heteroatoms. The molecule has 0 unspecified atom stereocenters. The fourth-order valence-corrected chi connectivity index (χ4v) is 2.05. The molecule has 0 bridgehead atoms. The van der Waals surface area contributed by atoms with Gasteiger partial charge in [0.25, 0.3) is 0 Å². The lowest BCUT2D eigenvalue weighted by Crippen LogP contribution is -2.33. The van der Waals surface area contributed by atoms with Gasteiger partial charge in [0.1, 0.15) is 19.0 Å². The van der Waals surface area contributed by atoms with E-state index in [0.29, 0.717) is 0 Å². The first kappa shape index (κ1) is 10.8. The van der Waals surface area contributed by atoms with Crippen molar-refractivity contribution >= 4 is 18.0 Å². The number of aromatic nitrogens is 2. The van der Waals surface area contributed by atoms with Crippen LogP contribution in [-0.4, -0.2) is 22.2 Å². The van der Waals surface area contributed by atoms with Gasteiger partial charge in [-0.15, -0.1) is 0 Å². The number of nitrogens with zero attached hydrogens (tertiary/aromatic N) is 3. The first-order chi connectivity index (χ1) is 6.74. The summed E-state index contributed by atoms with van der Waals surface area (Å²) < 4.78 is 4.02. The molecule has 0 aliphatic rings. The maximum absolute atomic E-state index is 8.47. The number of hydrogen-bond donors (Lipinski definition) is 1. The minimum absolute atomic E-state index is 0.753. The zero-order valence-corrected chi connectivity index (χ0v) is 9.16. The number of thioether (sulfide) groups is 1. The van der Waals surface area contributed by atoms with Gasteiger partial charge in [0, 0.05) is 0 Å². The van der Waals surface area contributed by atoms with Crippen molar-refractivity contribution in [2.75, 3.05) is 6.26 Å². The van der Waals surface area contributed by atoms with Crippen molar-refractivity contribution in [3.63, 3.8) is 0 Å². The summed E-state index contributed by atoms with van der Waals surface area (Å²) in [6.45, 7) is 4.45. The number of rotatable bonds is 4. The van der Waals surface area contributed by atoms with Gasteiger partial charge in [0.2, 0.25) is 0 Å². The largest absolute Gasteiger partial charge is 0.411 e. The van der Waals surface area contributed by atoms with E-state index < -0.39 is 0 Å². The minimum Gasteiger partial charge on any atom is -0.411 e. The second kappa shape index (κ2) is 4.85. The first-order valence-electron chi connectivity index (χ1n) is 4.16. The molecule has 1 N–H and O–H groups in total. The smallest absolute Gasteiger partial charge is 0.318 e. The molecule has 1 heterocycles. The number of allylic oxidation sites excluding steroid dienone is 1. The van der Waals surface area contributed by atoms with Crippen LogP contribution in [0.1, 0.15) is 5.69 Å². The van der Waals surface area contributed by atoms with E-state index in [1.807, 2.05) is 30.1 Å². The molecule has 0 fully saturated rings. The number of hydrogen-bond acceptors (Lipinski definition) is 3. The van der Waals surface area contributed by atoms with Crippen molar-refractivity contribution in [1.29, 1.82) is 0 Å². The molecule has 0 saturated carbocycles. The molecule has 76 valence electrons. The van der Waals surface area contributed by atoms with Gasteiger partial charge < -0.3 is 5.21 Å². The third-order valence-electron chi connectivity index (χ3n) is 1.91. The average molecular weight is 212 g/mol. The lowest BCUT2D eigenvalue weighted by atomic mass is 10.5. The van der Waals surface area contributed by atoms with E-state index in [1.54, 1.807) is 11.8 Å². The molecular formula is C9H14N3OS+. The predicted octanol–water partition coefficient (Wildman–Crippen LogP) is 1.03. The summed E-state index contributed by atoms with van der Waals surface area (Å²) in [5.41, 5.74) is 0.860. The van der Waals surface area contributed by atoms with Crippen molar-refractivity contribution in [2.24, 2.45) is 12.2 Å². The van der Waals surface area contributed by atoms with Crippen LogP contribution in [0.5, 0.6) is 0 Å². The van der Waals surface area contributed by atoms with E-state index in [1.165, 1.54) is 6.21 Å². The molecule has 0 saturated heterocycles. The molecule has 0 aromatic carbocycles. The Balaban J connectivity index is 3.16. The molecule has 0 radical (unpaired) electrons. The highest BCUT2D eigenvalue weighted by Gasteiger charge is 2.17. The van der Waals surface area contributed by atoms with E-state index >= 15 is 0 Å². The Morgan fingerprint density at radius 2 is 2.50 bits per heavy atom. The Morgan fingerprint density at radius 3 is 3.00 bits per heavy atom. The molecule has 0 aliphatic carbocycles. The lowest BCUT2D eigenvalue weighted by Gasteiger charge is -1.94. The topological polar surface area (TPSA) is 41.4 Å². The first-order valence-corrected chi connectivity index (χ1v) is 5.38. The molecule has 1 aromatic heterocycles. The number of imidazole rings is 1. The van der Waals surface area contributed by atoms with Crippen molar-refractivity contribution in [2.45, 2.75) is 11.7 Å². The summed E-state index contributed by atoms with van der Waals surface area (Å²) in [4.78, 5) is 0. The van der Waals surface area contributed by atoms with E-state index in [2.05, 4.69) is 16.3 Å². The quantitative estimate of drug-likeness (QED) is 0.202. The zero-order valence-electron chi connectivity index (χ0n) is 8.34. The van der Waals surface area contributed by atoms with Crippen LogP contribution in [0.3, 0.4) is 0 Å². The fraction of sp³-hybridized carbons (Fsp3) is 0.333.